The summed E-state index contributed by atoms with van der Waals surface area (Å²) >= 11 is 1.50. The van der Waals surface area contributed by atoms with E-state index in [1.165, 1.54) is 11.3 Å². The molecule has 3 aromatic rings. The van der Waals surface area contributed by atoms with Gasteiger partial charge in [0.05, 0.1) is 5.69 Å². The van der Waals surface area contributed by atoms with Gasteiger partial charge in [-0.3, -0.25) is 4.79 Å². The topological polar surface area (TPSA) is 45.2 Å². The standard InChI is InChI=1S/C22H23N3OS.ClH/c1-23-14-16-12-13-25(15-16)22(26)20-19(17-8-4-2-5-9-17)24-21(27-20)18-10-6-3-7-11-18;/h2-11,16,23H,12-15H2,1H3;1H. The third kappa shape index (κ3) is 4.27. The van der Waals surface area contributed by atoms with E-state index in [2.05, 4.69) is 5.32 Å². The molecule has 1 N–H and O–H groups in total. The molecule has 0 spiro atoms. The first-order chi connectivity index (χ1) is 13.3. The second-order valence-corrected chi connectivity index (χ2v) is 7.89. The fraction of sp³-hybridized carbons (Fsp3) is 0.273. The van der Waals surface area contributed by atoms with Crippen LogP contribution in [0.15, 0.2) is 60.7 Å². The van der Waals surface area contributed by atoms with Crippen LogP contribution >= 0.6 is 23.7 Å². The van der Waals surface area contributed by atoms with Crippen molar-refractivity contribution < 1.29 is 4.79 Å². The average molecular weight is 414 g/mol. The van der Waals surface area contributed by atoms with Crippen LogP contribution in [0.1, 0.15) is 16.1 Å². The first-order valence-corrected chi connectivity index (χ1v) is 10.1. The molecule has 1 aromatic heterocycles. The van der Waals surface area contributed by atoms with Crippen LogP contribution in [-0.2, 0) is 0 Å². The van der Waals surface area contributed by atoms with Gasteiger partial charge in [-0.25, -0.2) is 4.98 Å². The van der Waals surface area contributed by atoms with Gasteiger partial charge in [0, 0.05) is 24.2 Å². The maximum absolute atomic E-state index is 13.3. The minimum atomic E-state index is 0. The van der Waals surface area contributed by atoms with Gasteiger partial charge >= 0.3 is 0 Å². The molecule has 1 atom stereocenters. The minimum absolute atomic E-state index is 0. The molecule has 0 radical (unpaired) electrons. The number of aromatic nitrogens is 1. The number of likely N-dealkylation sites (tertiary alicyclic amines) is 1. The molecule has 1 unspecified atom stereocenters. The summed E-state index contributed by atoms with van der Waals surface area (Å²) in [6, 6.07) is 20.1. The van der Waals surface area contributed by atoms with Crippen LogP contribution in [0.4, 0.5) is 0 Å². The van der Waals surface area contributed by atoms with E-state index in [0.29, 0.717) is 5.92 Å². The van der Waals surface area contributed by atoms with Crippen molar-refractivity contribution in [3.63, 3.8) is 0 Å². The maximum atomic E-state index is 13.3. The molecule has 0 aliphatic carbocycles. The van der Waals surface area contributed by atoms with E-state index in [1.807, 2.05) is 72.6 Å². The zero-order valence-corrected chi connectivity index (χ0v) is 17.4. The molecule has 1 aliphatic heterocycles. The number of nitrogens with zero attached hydrogens (tertiary/aromatic N) is 2. The van der Waals surface area contributed by atoms with Gasteiger partial charge in [0.2, 0.25) is 0 Å². The van der Waals surface area contributed by atoms with E-state index in [-0.39, 0.29) is 18.3 Å². The number of carbonyl (C=O) groups excluding carboxylic acids is 1. The van der Waals surface area contributed by atoms with E-state index < -0.39 is 0 Å². The van der Waals surface area contributed by atoms with Crippen LogP contribution in [0.2, 0.25) is 0 Å². The van der Waals surface area contributed by atoms with Crippen LogP contribution in [0.25, 0.3) is 21.8 Å². The van der Waals surface area contributed by atoms with E-state index in [9.17, 15) is 4.79 Å². The largest absolute Gasteiger partial charge is 0.338 e. The molecule has 1 aliphatic rings. The molecule has 1 fully saturated rings. The first-order valence-electron chi connectivity index (χ1n) is 9.32. The first kappa shape index (κ1) is 20.5. The highest BCUT2D eigenvalue weighted by atomic mass is 35.5. The Labute approximate surface area is 176 Å². The third-order valence-electron chi connectivity index (χ3n) is 4.96. The molecule has 4 nitrogen and oxygen atoms in total. The molecule has 0 saturated carbocycles. The highest BCUT2D eigenvalue weighted by molar-refractivity contribution is 7.17. The van der Waals surface area contributed by atoms with Gasteiger partial charge < -0.3 is 10.2 Å². The summed E-state index contributed by atoms with van der Waals surface area (Å²) in [5.74, 6) is 0.632. The Morgan fingerprint density at radius 1 is 1.11 bits per heavy atom. The number of nitrogens with one attached hydrogen (secondary N) is 1. The summed E-state index contributed by atoms with van der Waals surface area (Å²) in [7, 11) is 1.97. The second kappa shape index (κ2) is 9.32. The van der Waals surface area contributed by atoms with Crippen molar-refractivity contribution in [3.05, 3.63) is 65.5 Å². The molecule has 1 amide bonds. The van der Waals surface area contributed by atoms with E-state index >= 15 is 0 Å². The van der Waals surface area contributed by atoms with Gasteiger partial charge in [0.15, 0.2) is 0 Å². The lowest BCUT2D eigenvalue weighted by atomic mass is 10.1. The van der Waals surface area contributed by atoms with Gasteiger partial charge in [-0.15, -0.1) is 23.7 Å². The van der Waals surface area contributed by atoms with Crippen molar-refractivity contribution in [1.29, 1.82) is 0 Å². The van der Waals surface area contributed by atoms with E-state index in [0.717, 1.165) is 52.8 Å². The van der Waals surface area contributed by atoms with Gasteiger partial charge in [0.25, 0.3) is 5.91 Å². The highest BCUT2D eigenvalue weighted by Crippen LogP contribution is 2.35. The smallest absolute Gasteiger partial charge is 0.266 e. The molecule has 6 heteroatoms. The number of thiazole rings is 1. The predicted molar refractivity (Wildman–Crippen MR) is 118 cm³/mol. The fourth-order valence-corrected chi connectivity index (χ4v) is 4.64. The third-order valence-corrected chi connectivity index (χ3v) is 6.05. The molecule has 1 saturated heterocycles. The lowest BCUT2D eigenvalue weighted by Gasteiger charge is -2.16. The normalized spacial score (nSPS) is 16.0. The van der Waals surface area contributed by atoms with Crippen LogP contribution in [-0.4, -0.2) is 42.5 Å². The summed E-state index contributed by atoms with van der Waals surface area (Å²) in [6.45, 7) is 2.58. The lowest BCUT2D eigenvalue weighted by molar-refractivity contribution is 0.0792. The van der Waals surface area contributed by atoms with Crippen LogP contribution in [0.3, 0.4) is 0 Å². The molecule has 2 heterocycles. The van der Waals surface area contributed by atoms with Crippen LogP contribution in [0.5, 0.6) is 0 Å². The Balaban J connectivity index is 0.00000225. The van der Waals surface area contributed by atoms with Gasteiger partial charge in [-0.05, 0) is 25.9 Å². The molecule has 2 aromatic carbocycles. The number of halogens is 1. The van der Waals surface area contributed by atoms with Crippen molar-refractivity contribution >= 4 is 29.7 Å². The lowest BCUT2D eigenvalue weighted by Crippen LogP contribution is -2.30. The fourth-order valence-electron chi connectivity index (χ4n) is 3.58. The number of hydrogen-bond donors (Lipinski definition) is 1. The van der Waals surface area contributed by atoms with E-state index in [4.69, 9.17) is 4.98 Å². The van der Waals surface area contributed by atoms with Crippen molar-refractivity contribution in [3.8, 4) is 21.8 Å². The van der Waals surface area contributed by atoms with Gasteiger partial charge in [-0.2, -0.15) is 0 Å². The zero-order chi connectivity index (χ0) is 18.6. The van der Waals surface area contributed by atoms with Crippen molar-refractivity contribution in [2.24, 2.45) is 5.92 Å². The summed E-state index contributed by atoms with van der Waals surface area (Å²) in [5.41, 5.74) is 2.83. The van der Waals surface area contributed by atoms with Crippen LogP contribution < -0.4 is 5.32 Å². The van der Waals surface area contributed by atoms with Crippen molar-refractivity contribution in [2.75, 3.05) is 26.7 Å². The van der Waals surface area contributed by atoms with Crippen molar-refractivity contribution in [1.82, 2.24) is 15.2 Å². The molecule has 0 bridgehead atoms. The monoisotopic (exact) mass is 413 g/mol. The van der Waals surface area contributed by atoms with Gasteiger partial charge in [0.1, 0.15) is 9.88 Å². The van der Waals surface area contributed by atoms with Crippen molar-refractivity contribution in [2.45, 2.75) is 6.42 Å². The quantitative estimate of drug-likeness (QED) is 0.665. The molecule has 146 valence electrons. The molecular weight excluding hydrogens is 390 g/mol. The Hall–Kier alpha value is -2.21. The Bertz CT molecular complexity index is 914. The molecule has 4 rings (SSSR count). The predicted octanol–water partition coefficient (Wildman–Crippen LogP) is 4.58. The zero-order valence-electron chi connectivity index (χ0n) is 15.8. The summed E-state index contributed by atoms with van der Waals surface area (Å²) in [6.07, 6.45) is 1.05. The SMILES string of the molecule is CNCC1CCN(C(=O)c2sc(-c3ccccc3)nc2-c2ccccc2)C1.Cl. The minimum Gasteiger partial charge on any atom is -0.338 e. The Morgan fingerprint density at radius 2 is 1.75 bits per heavy atom. The second-order valence-electron chi connectivity index (χ2n) is 6.89. The maximum Gasteiger partial charge on any atom is 0.266 e. The Morgan fingerprint density at radius 3 is 2.39 bits per heavy atom. The summed E-state index contributed by atoms with van der Waals surface area (Å²) < 4.78 is 0. The number of amides is 1. The summed E-state index contributed by atoms with van der Waals surface area (Å²) in [5, 5.41) is 4.12. The molecular formula is C22H24ClN3OS. The number of benzene rings is 2. The number of hydrogen-bond acceptors (Lipinski definition) is 4. The Kier molecular flexibility index (Phi) is 6.83. The summed E-state index contributed by atoms with van der Waals surface area (Å²) in [4.78, 5) is 20.9. The number of rotatable bonds is 5. The van der Waals surface area contributed by atoms with E-state index in [1.54, 1.807) is 0 Å². The highest BCUT2D eigenvalue weighted by Gasteiger charge is 2.30. The average Bonchev–Trinajstić information content (AvgIpc) is 3.37. The number of carbonyl (C=O) groups is 1. The van der Waals surface area contributed by atoms with Gasteiger partial charge in [-0.1, -0.05) is 60.7 Å². The molecule has 28 heavy (non-hydrogen) atoms. The van der Waals surface area contributed by atoms with Crippen LogP contribution in [0, 0.1) is 5.92 Å².